The van der Waals surface area contributed by atoms with Crippen molar-refractivity contribution in [1.82, 2.24) is 19.6 Å². The fraction of sp³-hybridized carbons (Fsp3) is 0.412. The molecule has 8 nitrogen and oxygen atoms in total. The first kappa shape index (κ1) is 19.6. The van der Waals surface area contributed by atoms with Crippen LogP contribution in [0.15, 0.2) is 24.4 Å². The van der Waals surface area contributed by atoms with Gasteiger partial charge < -0.3 is 4.90 Å². The van der Waals surface area contributed by atoms with E-state index in [4.69, 9.17) is 23.2 Å². The minimum atomic E-state index is -0.564. The van der Waals surface area contributed by atoms with E-state index in [0.717, 1.165) is 11.8 Å². The molecule has 1 aromatic heterocycles. The Morgan fingerprint density at radius 3 is 2.56 bits per heavy atom. The Morgan fingerprint density at radius 2 is 1.96 bits per heavy atom. The molecule has 2 aromatic rings. The zero-order chi connectivity index (χ0) is 19.6. The molecular weight excluding hydrogens is 393 g/mol. The van der Waals surface area contributed by atoms with E-state index >= 15 is 0 Å². The molecule has 0 N–H and O–H groups in total. The van der Waals surface area contributed by atoms with E-state index in [2.05, 4.69) is 10.00 Å². The first-order valence-corrected chi connectivity index (χ1v) is 9.32. The van der Waals surface area contributed by atoms with Crippen LogP contribution in [-0.2, 0) is 13.1 Å². The third-order valence-electron chi connectivity index (χ3n) is 4.59. The smallest absolute Gasteiger partial charge is 0.320 e. The lowest BCUT2D eigenvalue weighted by Crippen LogP contribution is -2.48. The van der Waals surface area contributed by atoms with E-state index in [1.807, 2.05) is 6.07 Å². The lowest BCUT2D eigenvalue weighted by molar-refractivity contribution is -0.385. The van der Waals surface area contributed by atoms with E-state index in [1.54, 1.807) is 24.0 Å². The highest BCUT2D eigenvalue weighted by molar-refractivity contribution is 6.35. The predicted octanol–water partition coefficient (Wildman–Crippen LogP) is 3.08. The normalized spacial score (nSPS) is 15.1. The number of hydrogen-bond acceptors (Lipinski definition) is 5. The molecule has 1 fully saturated rings. The standard InChI is InChI=1S/C17H19Cl2N5O3/c1-2-23-16(15(10-20-23)24(26)27)17(25)22-7-5-21(6-8-22)11-12-3-4-13(18)9-14(12)19/h3-4,9-10H,2,5-8,11H2,1H3. The Kier molecular flexibility index (Phi) is 5.98. The number of aryl methyl sites for hydroxylation is 1. The zero-order valence-electron chi connectivity index (χ0n) is 14.8. The summed E-state index contributed by atoms with van der Waals surface area (Å²) in [7, 11) is 0. The van der Waals surface area contributed by atoms with Crippen molar-refractivity contribution in [2.45, 2.75) is 20.0 Å². The minimum Gasteiger partial charge on any atom is -0.335 e. The number of benzene rings is 1. The highest BCUT2D eigenvalue weighted by atomic mass is 35.5. The topological polar surface area (TPSA) is 84.5 Å². The zero-order valence-corrected chi connectivity index (χ0v) is 16.3. The predicted molar refractivity (Wildman–Crippen MR) is 102 cm³/mol. The van der Waals surface area contributed by atoms with Crippen LogP contribution in [0.2, 0.25) is 10.0 Å². The average molecular weight is 412 g/mol. The van der Waals surface area contributed by atoms with Crippen molar-refractivity contribution in [2.24, 2.45) is 0 Å². The van der Waals surface area contributed by atoms with Gasteiger partial charge in [-0.1, -0.05) is 29.3 Å². The maximum absolute atomic E-state index is 12.8. The molecule has 0 atom stereocenters. The van der Waals surface area contributed by atoms with Gasteiger partial charge in [-0.2, -0.15) is 5.10 Å². The summed E-state index contributed by atoms with van der Waals surface area (Å²) in [6, 6.07) is 5.40. The van der Waals surface area contributed by atoms with Gasteiger partial charge in [0.15, 0.2) is 0 Å². The van der Waals surface area contributed by atoms with E-state index < -0.39 is 4.92 Å². The number of piperazine rings is 1. The Morgan fingerprint density at radius 1 is 1.26 bits per heavy atom. The van der Waals surface area contributed by atoms with Crippen molar-refractivity contribution < 1.29 is 9.72 Å². The Balaban J connectivity index is 1.66. The molecule has 1 amide bonds. The maximum Gasteiger partial charge on any atom is 0.320 e. The van der Waals surface area contributed by atoms with Crippen LogP contribution < -0.4 is 0 Å². The van der Waals surface area contributed by atoms with Crippen LogP contribution in [0.5, 0.6) is 0 Å². The molecule has 1 saturated heterocycles. The Hall–Kier alpha value is -2.16. The number of carbonyl (C=O) groups is 1. The van der Waals surface area contributed by atoms with Gasteiger partial charge in [0.2, 0.25) is 5.69 Å². The Bertz CT molecular complexity index is 862. The first-order valence-electron chi connectivity index (χ1n) is 8.56. The number of aromatic nitrogens is 2. The average Bonchev–Trinajstić information content (AvgIpc) is 3.08. The number of nitro groups is 1. The highest BCUT2D eigenvalue weighted by Crippen LogP contribution is 2.24. The maximum atomic E-state index is 12.8. The van der Waals surface area contributed by atoms with Crippen LogP contribution in [0.1, 0.15) is 23.0 Å². The van der Waals surface area contributed by atoms with Crippen molar-refractivity contribution in [3.63, 3.8) is 0 Å². The molecule has 3 rings (SSSR count). The summed E-state index contributed by atoms with van der Waals surface area (Å²) < 4.78 is 1.38. The van der Waals surface area contributed by atoms with Gasteiger partial charge in [0, 0.05) is 49.3 Å². The van der Waals surface area contributed by atoms with E-state index in [1.165, 1.54) is 4.68 Å². The highest BCUT2D eigenvalue weighted by Gasteiger charge is 2.31. The van der Waals surface area contributed by atoms with Crippen LogP contribution >= 0.6 is 23.2 Å². The van der Waals surface area contributed by atoms with Gasteiger partial charge in [0.25, 0.3) is 5.91 Å². The van der Waals surface area contributed by atoms with Crippen LogP contribution in [-0.4, -0.2) is 56.6 Å². The van der Waals surface area contributed by atoms with Gasteiger partial charge in [-0.15, -0.1) is 0 Å². The van der Waals surface area contributed by atoms with Crippen molar-refractivity contribution in [2.75, 3.05) is 26.2 Å². The van der Waals surface area contributed by atoms with E-state index in [9.17, 15) is 14.9 Å². The van der Waals surface area contributed by atoms with Crippen LogP contribution in [0.3, 0.4) is 0 Å². The molecule has 1 aliphatic rings. The molecule has 0 unspecified atom stereocenters. The fourth-order valence-corrected chi connectivity index (χ4v) is 3.59. The quantitative estimate of drug-likeness (QED) is 0.557. The molecule has 0 saturated carbocycles. The summed E-state index contributed by atoms with van der Waals surface area (Å²) in [5.74, 6) is -0.356. The van der Waals surface area contributed by atoms with Crippen molar-refractivity contribution >= 4 is 34.8 Å². The fourth-order valence-electron chi connectivity index (χ4n) is 3.12. The van der Waals surface area contributed by atoms with Crippen molar-refractivity contribution in [3.8, 4) is 0 Å². The largest absolute Gasteiger partial charge is 0.335 e. The molecule has 10 heteroatoms. The molecule has 1 aliphatic heterocycles. The molecule has 27 heavy (non-hydrogen) atoms. The third kappa shape index (κ3) is 4.23. The Labute approximate surface area is 166 Å². The molecule has 0 spiro atoms. The van der Waals surface area contributed by atoms with Crippen molar-refractivity contribution in [3.05, 3.63) is 55.8 Å². The van der Waals surface area contributed by atoms with Crippen LogP contribution in [0, 0.1) is 10.1 Å². The van der Waals surface area contributed by atoms with Crippen LogP contribution in [0.25, 0.3) is 0 Å². The van der Waals surface area contributed by atoms with Crippen molar-refractivity contribution in [1.29, 1.82) is 0 Å². The number of nitrogens with zero attached hydrogens (tertiary/aromatic N) is 5. The monoisotopic (exact) mass is 411 g/mol. The van der Waals surface area contributed by atoms with Gasteiger partial charge in [0.1, 0.15) is 6.20 Å². The SMILES string of the molecule is CCn1ncc([N+](=O)[O-])c1C(=O)N1CCN(Cc2ccc(Cl)cc2Cl)CC1. The number of halogens is 2. The number of hydrogen-bond donors (Lipinski definition) is 0. The minimum absolute atomic E-state index is 0.0386. The van der Waals surface area contributed by atoms with E-state index in [-0.39, 0.29) is 17.3 Å². The third-order valence-corrected chi connectivity index (χ3v) is 5.17. The van der Waals surface area contributed by atoms with Gasteiger partial charge in [-0.05, 0) is 24.6 Å². The summed E-state index contributed by atoms with van der Waals surface area (Å²) in [6.07, 6.45) is 1.13. The summed E-state index contributed by atoms with van der Waals surface area (Å²) in [4.78, 5) is 27.3. The van der Waals surface area contributed by atoms with Gasteiger partial charge >= 0.3 is 5.69 Å². The van der Waals surface area contributed by atoms with Crippen LogP contribution in [0.4, 0.5) is 5.69 Å². The second kappa shape index (κ2) is 8.24. The molecule has 0 bridgehead atoms. The van der Waals surface area contributed by atoms with Gasteiger partial charge in [0.05, 0.1) is 4.92 Å². The summed E-state index contributed by atoms with van der Waals surface area (Å²) in [5.41, 5.74) is 0.759. The summed E-state index contributed by atoms with van der Waals surface area (Å²) in [6.45, 7) is 5.11. The number of carbonyl (C=O) groups excluding carboxylic acids is 1. The lowest BCUT2D eigenvalue weighted by atomic mass is 10.2. The van der Waals surface area contributed by atoms with Gasteiger partial charge in [-0.25, -0.2) is 0 Å². The lowest BCUT2D eigenvalue weighted by Gasteiger charge is -2.34. The molecule has 144 valence electrons. The molecular formula is C17H19Cl2N5O3. The number of rotatable bonds is 5. The molecule has 2 heterocycles. The summed E-state index contributed by atoms with van der Waals surface area (Å²) in [5, 5.41) is 16.4. The van der Waals surface area contributed by atoms with Gasteiger partial charge in [-0.3, -0.25) is 24.5 Å². The summed E-state index contributed by atoms with van der Waals surface area (Å²) >= 11 is 12.2. The first-order chi connectivity index (χ1) is 12.9. The second-order valence-corrected chi connectivity index (χ2v) is 7.10. The molecule has 0 aliphatic carbocycles. The number of amides is 1. The van der Waals surface area contributed by atoms with E-state index in [0.29, 0.717) is 49.3 Å². The molecule has 0 radical (unpaired) electrons. The second-order valence-electron chi connectivity index (χ2n) is 6.26. The molecule has 1 aromatic carbocycles.